The van der Waals surface area contributed by atoms with Gasteiger partial charge in [-0.15, -0.1) is 13.2 Å². The van der Waals surface area contributed by atoms with E-state index >= 15 is 0 Å². The Labute approximate surface area is 114 Å². The summed E-state index contributed by atoms with van der Waals surface area (Å²) >= 11 is 0. The highest BCUT2D eigenvalue weighted by Gasteiger charge is 2.37. The highest BCUT2D eigenvalue weighted by atomic mass is 19.4. The van der Waals surface area contributed by atoms with Crippen molar-refractivity contribution in [3.63, 3.8) is 0 Å². The number of carbonyl (C=O) groups is 1. The van der Waals surface area contributed by atoms with Gasteiger partial charge in [0.25, 0.3) is 0 Å². The van der Waals surface area contributed by atoms with Crippen LogP contribution in [0, 0.1) is 10.1 Å². The molecular formula is C10H9F3N2O6. The molecule has 1 aromatic heterocycles. The first-order valence-electron chi connectivity index (χ1n) is 5.46. The van der Waals surface area contributed by atoms with E-state index in [4.69, 9.17) is 0 Å². The van der Waals surface area contributed by atoms with Gasteiger partial charge in [0.05, 0.1) is 18.0 Å². The SMILES string of the molecule is CCOC(=O)Cc1c[nH]c(=O)c([N+](=O)[O-])c1OC(F)(F)F. The molecule has 0 spiro atoms. The number of rotatable bonds is 5. The fourth-order valence-corrected chi connectivity index (χ4v) is 1.44. The lowest BCUT2D eigenvalue weighted by Gasteiger charge is -2.12. The van der Waals surface area contributed by atoms with Crippen LogP contribution in [-0.4, -0.2) is 28.8 Å². The van der Waals surface area contributed by atoms with Crippen LogP contribution in [0.3, 0.4) is 0 Å². The van der Waals surface area contributed by atoms with Gasteiger partial charge in [0.2, 0.25) is 5.75 Å². The van der Waals surface area contributed by atoms with E-state index in [9.17, 15) is 32.9 Å². The summed E-state index contributed by atoms with van der Waals surface area (Å²) in [5, 5.41) is 10.7. The molecule has 11 heteroatoms. The van der Waals surface area contributed by atoms with Crippen LogP contribution in [0.1, 0.15) is 12.5 Å². The number of H-pyrrole nitrogens is 1. The molecule has 0 aliphatic heterocycles. The summed E-state index contributed by atoms with van der Waals surface area (Å²) in [5.74, 6) is -2.25. The topological polar surface area (TPSA) is 112 Å². The minimum absolute atomic E-state index is 0.0280. The summed E-state index contributed by atoms with van der Waals surface area (Å²) in [6.07, 6.45) is -5.26. The number of halogens is 3. The Morgan fingerprint density at radius 2 is 2.10 bits per heavy atom. The second-order valence-electron chi connectivity index (χ2n) is 3.61. The average molecular weight is 310 g/mol. The molecule has 0 bridgehead atoms. The number of pyridine rings is 1. The van der Waals surface area contributed by atoms with Gasteiger partial charge in [-0.25, -0.2) is 0 Å². The zero-order valence-corrected chi connectivity index (χ0v) is 10.5. The fourth-order valence-electron chi connectivity index (χ4n) is 1.44. The van der Waals surface area contributed by atoms with E-state index in [1.54, 1.807) is 0 Å². The molecule has 0 fully saturated rings. The molecule has 0 saturated carbocycles. The van der Waals surface area contributed by atoms with Crippen molar-refractivity contribution in [1.82, 2.24) is 4.98 Å². The summed E-state index contributed by atoms with van der Waals surface area (Å²) in [4.78, 5) is 33.8. The van der Waals surface area contributed by atoms with Crippen molar-refractivity contribution in [2.24, 2.45) is 0 Å². The van der Waals surface area contributed by atoms with Crippen molar-refractivity contribution in [2.45, 2.75) is 19.7 Å². The van der Waals surface area contributed by atoms with Crippen LogP contribution in [-0.2, 0) is 16.0 Å². The zero-order valence-electron chi connectivity index (χ0n) is 10.5. The number of aromatic nitrogens is 1. The van der Waals surface area contributed by atoms with Crippen molar-refractivity contribution in [1.29, 1.82) is 0 Å². The predicted molar refractivity (Wildman–Crippen MR) is 60.7 cm³/mol. The van der Waals surface area contributed by atoms with Crippen LogP contribution < -0.4 is 10.3 Å². The van der Waals surface area contributed by atoms with Crippen molar-refractivity contribution < 1.29 is 32.4 Å². The molecule has 0 atom stereocenters. The summed E-state index contributed by atoms with van der Waals surface area (Å²) in [6.45, 7) is 1.44. The number of ether oxygens (including phenoxy) is 2. The van der Waals surface area contributed by atoms with E-state index in [1.807, 2.05) is 4.98 Å². The minimum atomic E-state index is -5.26. The van der Waals surface area contributed by atoms with Crippen LogP contribution in [0.25, 0.3) is 0 Å². The van der Waals surface area contributed by atoms with Gasteiger partial charge in [-0.3, -0.25) is 19.7 Å². The number of nitro groups is 1. The Morgan fingerprint density at radius 1 is 1.48 bits per heavy atom. The van der Waals surface area contributed by atoms with Gasteiger partial charge in [-0.05, 0) is 6.92 Å². The number of hydrogen-bond donors (Lipinski definition) is 1. The molecule has 1 aromatic rings. The fraction of sp³-hybridized carbons (Fsp3) is 0.400. The smallest absolute Gasteiger partial charge is 0.466 e. The molecule has 0 unspecified atom stereocenters. The Kier molecular flexibility index (Phi) is 4.89. The van der Waals surface area contributed by atoms with E-state index in [0.29, 0.717) is 0 Å². The summed E-state index contributed by atoms with van der Waals surface area (Å²) in [7, 11) is 0. The predicted octanol–water partition coefficient (Wildman–Crippen LogP) is 1.29. The van der Waals surface area contributed by atoms with E-state index in [0.717, 1.165) is 6.20 Å². The second kappa shape index (κ2) is 6.24. The lowest BCUT2D eigenvalue weighted by molar-refractivity contribution is -0.390. The number of carbonyl (C=O) groups excluding carboxylic acids is 1. The maximum absolute atomic E-state index is 12.3. The number of hydrogen-bond acceptors (Lipinski definition) is 6. The Balaban J connectivity index is 3.36. The monoisotopic (exact) mass is 310 g/mol. The summed E-state index contributed by atoms with van der Waals surface area (Å²) in [6, 6.07) is 0. The van der Waals surface area contributed by atoms with Crippen LogP contribution in [0.2, 0.25) is 0 Å². The molecule has 0 aliphatic carbocycles. The Bertz CT molecular complexity index is 610. The molecule has 116 valence electrons. The van der Waals surface area contributed by atoms with Crippen LogP contribution >= 0.6 is 0 Å². The molecule has 1 rings (SSSR count). The highest BCUT2D eigenvalue weighted by Crippen LogP contribution is 2.32. The number of nitrogens with one attached hydrogen (secondary N) is 1. The Morgan fingerprint density at radius 3 is 2.57 bits per heavy atom. The van der Waals surface area contributed by atoms with Crippen LogP contribution in [0.5, 0.6) is 5.75 Å². The lowest BCUT2D eigenvalue weighted by Crippen LogP contribution is -2.23. The van der Waals surface area contributed by atoms with Gasteiger partial charge in [-0.1, -0.05) is 0 Å². The average Bonchev–Trinajstić information content (AvgIpc) is 2.30. The van der Waals surface area contributed by atoms with Crippen LogP contribution in [0.15, 0.2) is 11.0 Å². The zero-order chi connectivity index (χ0) is 16.2. The molecule has 1 N–H and O–H groups in total. The molecule has 0 amide bonds. The number of nitrogens with zero attached hydrogens (tertiary/aromatic N) is 1. The molecule has 0 aromatic carbocycles. The molecule has 21 heavy (non-hydrogen) atoms. The molecule has 8 nitrogen and oxygen atoms in total. The quantitative estimate of drug-likeness (QED) is 0.498. The highest BCUT2D eigenvalue weighted by molar-refractivity contribution is 5.74. The maximum atomic E-state index is 12.3. The molecule has 1 heterocycles. The van der Waals surface area contributed by atoms with Crippen LogP contribution in [0.4, 0.5) is 18.9 Å². The van der Waals surface area contributed by atoms with E-state index in [1.165, 1.54) is 6.92 Å². The third-order valence-corrected chi connectivity index (χ3v) is 2.14. The second-order valence-corrected chi connectivity index (χ2v) is 3.61. The number of alkyl halides is 3. The first-order chi connectivity index (χ1) is 9.65. The van der Waals surface area contributed by atoms with Gasteiger partial charge in [0, 0.05) is 11.8 Å². The van der Waals surface area contributed by atoms with E-state index in [2.05, 4.69) is 9.47 Å². The molecule has 0 aliphatic rings. The molecular weight excluding hydrogens is 301 g/mol. The van der Waals surface area contributed by atoms with Gasteiger partial charge in [0.15, 0.2) is 0 Å². The Hall–Kier alpha value is -2.59. The molecule has 0 saturated heterocycles. The standard InChI is InChI=1S/C10H9F3N2O6/c1-2-20-6(16)3-5-4-14-9(17)7(15(18)19)8(5)21-10(11,12)13/h4H,2-3H2,1H3,(H,14,17). The maximum Gasteiger partial charge on any atom is 0.573 e. The van der Waals surface area contributed by atoms with Crippen molar-refractivity contribution in [2.75, 3.05) is 6.61 Å². The van der Waals surface area contributed by atoms with Gasteiger partial charge >= 0.3 is 23.6 Å². The number of esters is 1. The first-order valence-corrected chi connectivity index (χ1v) is 5.46. The van der Waals surface area contributed by atoms with Crippen molar-refractivity contribution >= 4 is 11.7 Å². The normalized spacial score (nSPS) is 11.0. The minimum Gasteiger partial charge on any atom is -0.466 e. The van der Waals surface area contributed by atoms with Crippen molar-refractivity contribution in [3.8, 4) is 5.75 Å². The third kappa shape index (κ3) is 4.47. The van der Waals surface area contributed by atoms with Crippen molar-refractivity contribution in [3.05, 3.63) is 32.2 Å². The third-order valence-electron chi connectivity index (χ3n) is 2.14. The molecule has 0 radical (unpaired) electrons. The van der Waals surface area contributed by atoms with Gasteiger partial charge < -0.3 is 14.5 Å². The number of aromatic amines is 1. The summed E-state index contributed by atoms with van der Waals surface area (Å²) in [5.41, 5.74) is -3.34. The van der Waals surface area contributed by atoms with Gasteiger partial charge in [0.1, 0.15) is 0 Å². The first kappa shape index (κ1) is 16.5. The lowest BCUT2D eigenvalue weighted by atomic mass is 10.1. The van der Waals surface area contributed by atoms with Gasteiger partial charge in [-0.2, -0.15) is 0 Å². The van der Waals surface area contributed by atoms with E-state index < -0.39 is 46.2 Å². The largest absolute Gasteiger partial charge is 0.573 e. The summed E-state index contributed by atoms with van der Waals surface area (Å²) < 4.78 is 45.0. The van der Waals surface area contributed by atoms with E-state index in [-0.39, 0.29) is 6.61 Å².